The van der Waals surface area contributed by atoms with E-state index in [0.29, 0.717) is 17.0 Å². The van der Waals surface area contributed by atoms with Gasteiger partial charge in [0.15, 0.2) is 0 Å². The number of hydrogen-bond donors (Lipinski definition) is 1. The average molecular weight is 343 g/mol. The highest BCUT2D eigenvalue weighted by atomic mass is 16.5. The molecule has 0 spiro atoms. The van der Waals surface area contributed by atoms with Crippen molar-refractivity contribution in [3.63, 3.8) is 0 Å². The van der Waals surface area contributed by atoms with Gasteiger partial charge < -0.3 is 10.1 Å². The van der Waals surface area contributed by atoms with Gasteiger partial charge in [-0.2, -0.15) is 0 Å². The van der Waals surface area contributed by atoms with Crippen LogP contribution in [0.1, 0.15) is 16.7 Å². The number of ether oxygens (including phenoxy) is 1. The summed E-state index contributed by atoms with van der Waals surface area (Å²) in [5.74, 6) is 0.465. The summed E-state index contributed by atoms with van der Waals surface area (Å²) in [6.45, 7) is 1.98. The molecular weight excluding hydrogens is 322 g/mol. The molecule has 0 fully saturated rings. The van der Waals surface area contributed by atoms with E-state index < -0.39 is 0 Å². The monoisotopic (exact) mass is 343 g/mol. The number of hydrogen-bond acceptors (Lipinski definition) is 2. The van der Waals surface area contributed by atoms with E-state index in [2.05, 4.69) is 5.32 Å². The largest absolute Gasteiger partial charge is 0.495 e. The highest BCUT2D eigenvalue weighted by Gasteiger charge is 2.14. The smallest absolute Gasteiger partial charge is 0.256 e. The predicted molar refractivity (Wildman–Crippen MR) is 107 cm³/mol. The number of anilines is 1. The molecule has 1 amide bonds. The molecule has 0 aliphatic rings. The molecule has 3 aromatic carbocycles. The minimum absolute atomic E-state index is 0.179. The number of nitrogens with one attached hydrogen (secondary N) is 1. The maximum atomic E-state index is 13.0. The summed E-state index contributed by atoms with van der Waals surface area (Å²) in [6, 6.07) is 25.2. The van der Waals surface area contributed by atoms with Crippen LogP contribution in [-0.4, -0.2) is 13.0 Å². The summed E-state index contributed by atoms with van der Waals surface area (Å²) in [7, 11) is 1.60. The summed E-state index contributed by atoms with van der Waals surface area (Å²) in [5, 5.41) is 2.98. The fourth-order valence-electron chi connectivity index (χ4n) is 2.70. The summed E-state index contributed by atoms with van der Waals surface area (Å²) < 4.78 is 5.40. The quantitative estimate of drug-likeness (QED) is 0.512. The molecule has 0 aromatic heterocycles. The second-order valence-electron chi connectivity index (χ2n) is 5.99. The van der Waals surface area contributed by atoms with Crippen LogP contribution in [0.15, 0.2) is 78.9 Å². The molecule has 3 aromatic rings. The molecule has 0 aliphatic heterocycles. The highest BCUT2D eigenvalue weighted by Crippen LogP contribution is 2.27. The Morgan fingerprint density at radius 2 is 1.58 bits per heavy atom. The van der Waals surface area contributed by atoms with Gasteiger partial charge in [-0.25, -0.2) is 0 Å². The molecule has 0 aliphatic carbocycles. The minimum atomic E-state index is -0.179. The van der Waals surface area contributed by atoms with Crippen molar-refractivity contribution in [2.45, 2.75) is 6.92 Å². The van der Waals surface area contributed by atoms with Crippen molar-refractivity contribution in [2.24, 2.45) is 0 Å². The lowest BCUT2D eigenvalue weighted by Crippen LogP contribution is -2.14. The van der Waals surface area contributed by atoms with E-state index in [1.54, 1.807) is 7.11 Å². The molecule has 0 saturated heterocycles. The van der Waals surface area contributed by atoms with Gasteiger partial charge in [-0.3, -0.25) is 4.79 Å². The van der Waals surface area contributed by atoms with Gasteiger partial charge in [0.05, 0.1) is 12.8 Å². The highest BCUT2D eigenvalue weighted by molar-refractivity contribution is 6.29. The fraction of sp³-hybridized carbons (Fsp3) is 0.0870. The standard InChI is InChI=1S/C23H21NO2/c1-17-13-14-21(22(15-17)26-2)24-23(25)20(19-11-7-4-8-12-19)16-18-9-5-3-6-10-18/h3-16H,1-2H3,(H,24,25). The van der Waals surface area contributed by atoms with Gasteiger partial charge in [0, 0.05) is 5.57 Å². The number of methoxy groups -OCH3 is 1. The zero-order valence-electron chi connectivity index (χ0n) is 14.9. The maximum absolute atomic E-state index is 13.0. The first-order valence-electron chi connectivity index (χ1n) is 8.45. The SMILES string of the molecule is COc1cc(C)ccc1NC(=O)C(=Cc1ccccc1)c1ccccc1. The van der Waals surface area contributed by atoms with Crippen molar-refractivity contribution in [3.05, 3.63) is 95.6 Å². The number of carbonyl (C=O) groups is 1. The molecular formula is C23H21NO2. The molecule has 0 unspecified atom stereocenters. The molecule has 0 bridgehead atoms. The predicted octanol–water partition coefficient (Wildman–Crippen LogP) is 5.18. The van der Waals surface area contributed by atoms with E-state index in [1.807, 2.05) is 91.9 Å². The third kappa shape index (κ3) is 4.19. The van der Waals surface area contributed by atoms with Gasteiger partial charge in [0.25, 0.3) is 5.91 Å². The third-order valence-electron chi connectivity index (χ3n) is 4.05. The lowest BCUT2D eigenvalue weighted by molar-refractivity contribution is -0.111. The van der Waals surface area contributed by atoms with E-state index in [-0.39, 0.29) is 5.91 Å². The minimum Gasteiger partial charge on any atom is -0.495 e. The van der Waals surface area contributed by atoms with Gasteiger partial charge >= 0.3 is 0 Å². The van der Waals surface area contributed by atoms with Crippen LogP contribution in [0, 0.1) is 6.92 Å². The van der Waals surface area contributed by atoms with Crippen molar-refractivity contribution in [1.82, 2.24) is 0 Å². The molecule has 0 heterocycles. The first kappa shape index (κ1) is 17.5. The summed E-state index contributed by atoms with van der Waals surface area (Å²) in [6.07, 6.45) is 1.89. The van der Waals surface area contributed by atoms with Gasteiger partial charge in [0.1, 0.15) is 5.75 Å². The van der Waals surface area contributed by atoms with E-state index >= 15 is 0 Å². The number of rotatable bonds is 5. The molecule has 3 heteroatoms. The second kappa shape index (κ2) is 8.17. The fourth-order valence-corrected chi connectivity index (χ4v) is 2.70. The lowest BCUT2D eigenvalue weighted by Gasteiger charge is -2.13. The Labute approximate surface area is 154 Å². The van der Waals surface area contributed by atoms with Crippen molar-refractivity contribution in [3.8, 4) is 5.75 Å². The van der Waals surface area contributed by atoms with Crippen molar-refractivity contribution >= 4 is 23.2 Å². The maximum Gasteiger partial charge on any atom is 0.256 e. The number of amides is 1. The third-order valence-corrected chi connectivity index (χ3v) is 4.05. The van der Waals surface area contributed by atoms with Crippen LogP contribution in [0.2, 0.25) is 0 Å². The molecule has 130 valence electrons. The van der Waals surface area contributed by atoms with Gasteiger partial charge in [-0.1, -0.05) is 66.7 Å². The number of carbonyl (C=O) groups excluding carboxylic acids is 1. The van der Waals surface area contributed by atoms with Crippen LogP contribution in [0.25, 0.3) is 11.6 Å². The van der Waals surface area contributed by atoms with Gasteiger partial charge in [-0.15, -0.1) is 0 Å². The Morgan fingerprint density at radius 3 is 2.23 bits per heavy atom. The van der Waals surface area contributed by atoms with Crippen molar-refractivity contribution in [2.75, 3.05) is 12.4 Å². The molecule has 1 N–H and O–H groups in total. The van der Waals surface area contributed by atoms with E-state index in [9.17, 15) is 4.79 Å². The van der Waals surface area contributed by atoms with Crippen LogP contribution < -0.4 is 10.1 Å². The topological polar surface area (TPSA) is 38.3 Å². The van der Waals surface area contributed by atoms with Crippen LogP contribution in [0.5, 0.6) is 5.75 Å². The van der Waals surface area contributed by atoms with Crippen LogP contribution in [0.3, 0.4) is 0 Å². The molecule has 3 nitrogen and oxygen atoms in total. The van der Waals surface area contributed by atoms with E-state index in [1.165, 1.54) is 0 Å². The second-order valence-corrected chi connectivity index (χ2v) is 5.99. The Balaban J connectivity index is 1.97. The van der Waals surface area contributed by atoms with Crippen molar-refractivity contribution < 1.29 is 9.53 Å². The summed E-state index contributed by atoms with van der Waals surface area (Å²) >= 11 is 0. The number of benzene rings is 3. The molecule has 0 radical (unpaired) electrons. The first-order chi connectivity index (χ1) is 12.7. The Hall–Kier alpha value is -3.33. The normalized spacial score (nSPS) is 11.1. The van der Waals surface area contributed by atoms with Crippen LogP contribution in [0.4, 0.5) is 5.69 Å². The summed E-state index contributed by atoms with van der Waals surface area (Å²) in [5.41, 5.74) is 4.15. The average Bonchev–Trinajstić information content (AvgIpc) is 2.69. The zero-order chi connectivity index (χ0) is 18.4. The molecule has 26 heavy (non-hydrogen) atoms. The Bertz CT molecular complexity index is 915. The van der Waals surface area contributed by atoms with Crippen LogP contribution >= 0.6 is 0 Å². The van der Waals surface area contributed by atoms with E-state index in [0.717, 1.165) is 16.7 Å². The Kier molecular flexibility index (Phi) is 5.49. The number of aryl methyl sites for hydroxylation is 1. The van der Waals surface area contributed by atoms with E-state index in [4.69, 9.17) is 4.74 Å². The molecule has 0 saturated carbocycles. The van der Waals surface area contributed by atoms with Gasteiger partial charge in [0.2, 0.25) is 0 Å². The molecule has 0 atom stereocenters. The molecule has 3 rings (SSSR count). The zero-order valence-corrected chi connectivity index (χ0v) is 14.9. The van der Waals surface area contributed by atoms with Crippen LogP contribution in [-0.2, 0) is 4.79 Å². The Morgan fingerprint density at radius 1 is 0.923 bits per heavy atom. The summed E-state index contributed by atoms with van der Waals surface area (Å²) in [4.78, 5) is 13.0. The van der Waals surface area contributed by atoms with Crippen molar-refractivity contribution in [1.29, 1.82) is 0 Å². The lowest BCUT2D eigenvalue weighted by atomic mass is 10.0. The van der Waals surface area contributed by atoms with Gasteiger partial charge in [-0.05, 0) is 41.8 Å². The first-order valence-corrected chi connectivity index (χ1v) is 8.45.